The van der Waals surface area contributed by atoms with Crippen LogP contribution in [0, 0.1) is 0 Å². The molecule has 1 aromatic rings. The zero-order valence-electron chi connectivity index (χ0n) is 11.9. The summed E-state index contributed by atoms with van der Waals surface area (Å²) in [4.78, 5) is 25.3. The topological polar surface area (TPSA) is 58.6 Å². The predicted molar refractivity (Wildman–Crippen MR) is 75.7 cm³/mol. The summed E-state index contributed by atoms with van der Waals surface area (Å²) in [5.74, 6) is 0.576. The molecule has 0 unspecified atom stereocenters. The van der Waals surface area contributed by atoms with Crippen molar-refractivity contribution < 1.29 is 14.3 Å². The van der Waals surface area contributed by atoms with Gasteiger partial charge in [-0.1, -0.05) is 6.07 Å². The molecule has 2 rings (SSSR count). The van der Waals surface area contributed by atoms with Crippen molar-refractivity contribution in [3.8, 4) is 5.75 Å². The third-order valence-corrected chi connectivity index (χ3v) is 3.36. The van der Waals surface area contributed by atoms with Crippen molar-refractivity contribution in [2.75, 3.05) is 20.2 Å². The van der Waals surface area contributed by atoms with Crippen LogP contribution in [0.1, 0.15) is 30.1 Å². The Labute approximate surface area is 118 Å². The minimum absolute atomic E-state index is 0.0723. The Morgan fingerprint density at radius 1 is 1.40 bits per heavy atom. The second-order valence-electron chi connectivity index (χ2n) is 4.93. The smallest absolute Gasteiger partial charge is 0.251 e. The summed E-state index contributed by atoms with van der Waals surface area (Å²) in [6, 6.07) is 7.38. The van der Waals surface area contributed by atoms with Gasteiger partial charge in [0.25, 0.3) is 5.91 Å². The number of hydrogen-bond acceptors (Lipinski definition) is 3. The van der Waals surface area contributed by atoms with Gasteiger partial charge in [0.05, 0.1) is 7.11 Å². The zero-order chi connectivity index (χ0) is 14.5. The Kier molecular flexibility index (Phi) is 4.61. The van der Waals surface area contributed by atoms with E-state index < -0.39 is 0 Å². The third kappa shape index (κ3) is 3.73. The van der Waals surface area contributed by atoms with E-state index in [-0.39, 0.29) is 11.8 Å². The lowest BCUT2D eigenvalue weighted by molar-refractivity contribution is -0.129. The molecule has 5 nitrogen and oxygen atoms in total. The van der Waals surface area contributed by atoms with E-state index in [0.29, 0.717) is 30.4 Å². The number of carbonyl (C=O) groups excluding carboxylic acids is 2. The van der Waals surface area contributed by atoms with E-state index >= 15 is 0 Å². The summed E-state index contributed by atoms with van der Waals surface area (Å²) in [5, 5.41) is 2.83. The van der Waals surface area contributed by atoms with E-state index in [0.717, 1.165) is 12.8 Å². The summed E-state index contributed by atoms with van der Waals surface area (Å²) in [5.41, 5.74) is 0.560. The Hall–Kier alpha value is -2.04. The van der Waals surface area contributed by atoms with E-state index in [1.807, 2.05) is 4.90 Å². The van der Waals surface area contributed by atoms with Crippen LogP contribution in [0.2, 0.25) is 0 Å². The molecule has 0 atom stereocenters. The SMILES string of the molecule is COc1cccc(C(=O)NCCN(C(C)=O)C2CC2)c1. The molecule has 0 aliphatic heterocycles. The number of carbonyl (C=O) groups is 2. The van der Waals surface area contributed by atoms with E-state index in [4.69, 9.17) is 4.74 Å². The van der Waals surface area contributed by atoms with Crippen LogP contribution in [0.5, 0.6) is 5.75 Å². The highest BCUT2D eigenvalue weighted by Gasteiger charge is 2.30. The largest absolute Gasteiger partial charge is 0.497 e. The quantitative estimate of drug-likeness (QED) is 0.855. The highest BCUT2D eigenvalue weighted by atomic mass is 16.5. The number of rotatable bonds is 6. The maximum absolute atomic E-state index is 12.0. The van der Waals surface area contributed by atoms with Gasteiger partial charge in [-0.25, -0.2) is 0 Å². The monoisotopic (exact) mass is 276 g/mol. The molecule has 20 heavy (non-hydrogen) atoms. The fourth-order valence-corrected chi connectivity index (χ4v) is 2.14. The van der Waals surface area contributed by atoms with Gasteiger partial charge in [-0.3, -0.25) is 9.59 Å². The number of hydrogen-bond donors (Lipinski definition) is 1. The molecule has 0 spiro atoms. The number of amides is 2. The summed E-state index contributed by atoms with van der Waals surface area (Å²) >= 11 is 0. The number of nitrogens with zero attached hydrogens (tertiary/aromatic N) is 1. The first kappa shape index (κ1) is 14.4. The van der Waals surface area contributed by atoms with Gasteiger partial charge in [0.15, 0.2) is 0 Å². The van der Waals surface area contributed by atoms with E-state index in [1.165, 1.54) is 0 Å². The van der Waals surface area contributed by atoms with Gasteiger partial charge in [0, 0.05) is 31.6 Å². The standard InChI is InChI=1S/C15H20N2O3/c1-11(18)17(13-6-7-13)9-8-16-15(19)12-4-3-5-14(10-12)20-2/h3-5,10,13H,6-9H2,1-2H3,(H,16,19). The van der Waals surface area contributed by atoms with Crippen LogP contribution in [0.25, 0.3) is 0 Å². The molecule has 1 saturated carbocycles. The molecular formula is C15H20N2O3. The second kappa shape index (κ2) is 6.41. The van der Waals surface area contributed by atoms with Crippen molar-refractivity contribution in [2.24, 2.45) is 0 Å². The highest BCUT2D eigenvalue weighted by Crippen LogP contribution is 2.26. The van der Waals surface area contributed by atoms with Gasteiger partial charge in [-0.15, -0.1) is 0 Å². The lowest BCUT2D eigenvalue weighted by Gasteiger charge is -2.20. The highest BCUT2D eigenvalue weighted by molar-refractivity contribution is 5.94. The first-order chi connectivity index (χ1) is 9.61. The van der Waals surface area contributed by atoms with Gasteiger partial charge in [0.2, 0.25) is 5.91 Å². The molecular weight excluding hydrogens is 256 g/mol. The minimum atomic E-state index is -0.150. The van der Waals surface area contributed by atoms with Gasteiger partial charge < -0.3 is 15.0 Å². The van der Waals surface area contributed by atoms with Crippen LogP contribution < -0.4 is 10.1 Å². The van der Waals surface area contributed by atoms with Crippen molar-refractivity contribution in [1.29, 1.82) is 0 Å². The van der Waals surface area contributed by atoms with Gasteiger partial charge in [-0.2, -0.15) is 0 Å². The second-order valence-corrected chi connectivity index (χ2v) is 4.93. The molecule has 0 saturated heterocycles. The van der Waals surface area contributed by atoms with E-state index in [2.05, 4.69) is 5.32 Å². The van der Waals surface area contributed by atoms with E-state index in [1.54, 1.807) is 38.3 Å². The van der Waals surface area contributed by atoms with Crippen LogP contribution in [-0.2, 0) is 4.79 Å². The molecule has 1 fully saturated rings. The molecule has 108 valence electrons. The van der Waals surface area contributed by atoms with Crippen molar-refractivity contribution in [3.63, 3.8) is 0 Å². The van der Waals surface area contributed by atoms with Crippen LogP contribution in [0.4, 0.5) is 0 Å². The average Bonchev–Trinajstić information content (AvgIpc) is 3.27. The lowest BCUT2D eigenvalue weighted by Crippen LogP contribution is -2.38. The molecule has 2 amide bonds. The normalized spacial score (nSPS) is 13.7. The van der Waals surface area contributed by atoms with Crippen molar-refractivity contribution >= 4 is 11.8 Å². The van der Waals surface area contributed by atoms with Gasteiger partial charge in [0.1, 0.15) is 5.75 Å². The fraction of sp³-hybridized carbons (Fsp3) is 0.467. The summed E-state index contributed by atoms with van der Waals surface area (Å²) in [7, 11) is 1.57. The fourth-order valence-electron chi connectivity index (χ4n) is 2.14. The van der Waals surface area contributed by atoms with E-state index in [9.17, 15) is 9.59 Å². The summed E-state index contributed by atoms with van der Waals surface area (Å²) in [6.07, 6.45) is 2.15. The molecule has 0 heterocycles. The number of benzene rings is 1. The molecule has 1 aliphatic carbocycles. The van der Waals surface area contributed by atoms with Crippen LogP contribution >= 0.6 is 0 Å². The zero-order valence-corrected chi connectivity index (χ0v) is 11.9. The summed E-state index contributed by atoms with van der Waals surface area (Å²) < 4.78 is 5.09. The molecule has 1 N–H and O–H groups in total. The van der Waals surface area contributed by atoms with Crippen LogP contribution in [0.3, 0.4) is 0 Å². The number of ether oxygens (including phenoxy) is 1. The van der Waals surface area contributed by atoms with Gasteiger partial charge >= 0.3 is 0 Å². The van der Waals surface area contributed by atoms with Crippen LogP contribution in [-0.4, -0.2) is 43.0 Å². The first-order valence-electron chi connectivity index (χ1n) is 6.81. The predicted octanol–water partition coefficient (Wildman–Crippen LogP) is 1.44. The molecule has 0 bridgehead atoms. The Morgan fingerprint density at radius 2 is 2.15 bits per heavy atom. The first-order valence-corrected chi connectivity index (χ1v) is 6.81. The maximum Gasteiger partial charge on any atom is 0.251 e. The Balaban J connectivity index is 1.83. The number of nitrogens with one attached hydrogen (secondary N) is 1. The Morgan fingerprint density at radius 3 is 2.75 bits per heavy atom. The molecule has 0 aromatic heterocycles. The van der Waals surface area contributed by atoms with Crippen molar-refractivity contribution in [3.05, 3.63) is 29.8 Å². The molecule has 5 heteroatoms. The van der Waals surface area contributed by atoms with Crippen molar-refractivity contribution in [1.82, 2.24) is 10.2 Å². The van der Waals surface area contributed by atoms with Crippen LogP contribution in [0.15, 0.2) is 24.3 Å². The maximum atomic E-state index is 12.0. The van der Waals surface area contributed by atoms with Gasteiger partial charge in [-0.05, 0) is 31.0 Å². The van der Waals surface area contributed by atoms with Crippen molar-refractivity contribution in [2.45, 2.75) is 25.8 Å². The average molecular weight is 276 g/mol. The molecule has 1 aromatic carbocycles. The minimum Gasteiger partial charge on any atom is -0.497 e. The molecule has 1 aliphatic rings. The summed E-state index contributed by atoms with van der Waals surface area (Å²) in [6.45, 7) is 2.60. The molecule has 0 radical (unpaired) electrons. The Bertz CT molecular complexity index is 498. The number of methoxy groups -OCH3 is 1. The third-order valence-electron chi connectivity index (χ3n) is 3.36. The lowest BCUT2D eigenvalue weighted by atomic mass is 10.2.